The molecule has 0 aromatic heterocycles. The van der Waals surface area contributed by atoms with Gasteiger partial charge in [0.2, 0.25) is 0 Å². The molecule has 4 heteroatoms. The van der Waals surface area contributed by atoms with Gasteiger partial charge in [-0.3, -0.25) is 0 Å². The fourth-order valence-electron chi connectivity index (χ4n) is 1.24. The van der Waals surface area contributed by atoms with Crippen LogP contribution in [0.1, 0.15) is 18.0 Å². The van der Waals surface area contributed by atoms with E-state index in [9.17, 15) is 5.11 Å². The quantitative estimate of drug-likeness (QED) is 0.666. The number of hydrogen-bond donors (Lipinski definition) is 3. The molecule has 0 spiro atoms. The number of phenols is 1. The Morgan fingerprint density at radius 2 is 2.21 bits per heavy atom. The summed E-state index contributed by atoms with van der Waals surface area (Å²) in [5, 5.41) is 18.2. The minimum atomic E-state index is -0.253. The van der Waals surface area contributed by atoms with Crippen LogP contribution >= 0.6 is 0 Å². The molecule has 0 aliphatic heterocycles. The zero-order valence-corrected chi connectivity index (χ0v) is 8.10. The molecule has 1 aromatic rings. The summed E-state index contributed by atoms with van der Waals surface area (Å²) < 4.78 is 4.90. The van der Waals surface area contributed by atoms with Crippen molar-refractivity contribution >= 4 is 0 Å². The summed E-state index contributed by atoms with van der Waals surface area (Å²) >= 11 is 0. The second-order valence-electron chi connectivity index (χ2n) is 3.05. The van der Waals surface area contributed by atoms with Gasteiger partial charge in [0.1, 0.15) is 0 Å². The molecule has 0 bridgehead atoms. The second kappa shape index (κ2) is 4.83. The summed E-state index contributed by atoms with van der Waals surface area (Å²) in [6.07, 6.45) is 0.478. The van der Waals surface area contributed by atoms with Crippen molar-refractivity contribution in [3.63, 3.8) is 0 Å². The lowest BCUT2D eigenvalue weighted by Crippen LogP contribution is -2.11. The maximum atomic E-state index is 9.47. The number of aromatic hydroxyl groups is 1. The molecule has 0 aliphatic rings. The highest BCUT2D eigenvalue weighted by Crippen LogP contribution is 2.28. The van der Waals surface area contributed by atoms with Gasteiger partial charge in [-0.05, 0) is 24.1 Å². The fraction of sp³-hybridized carbons (Fsp3) is 0.400. The molecule has 14 heavy (non-hydrogen) atoms. The van der Waals surface area contributed by atoms with Crippen molar-refractivity contribution in [1.82, 2.24) is 0 Å². The van der Waals surface area contributed by atoms with Crippen molar-refractivity contribution in [3.05, 3.63) is 23.8 Å². The first kappa shape index (κ1) is 10.8. The first-order valence-electron chi connectivity index (χ1n) is 4.42. The van der Waals surface area contributed by atoms with Crippen LogP contribution in [0.3, 0.4) is 0 Å². The summed E-state index contributed by atoms with van der Waals surface area (Å²) in [5.41, 5.74) is 6.54. The molecule has 4 nitrogen and oxygen atoms in total. The van der Waals surface area contributed by atoms with Crippen LogP contribution in [-0.4, -0.2) is 23.9 Å². The van der Waals surface area contributed by atoms with Gasteiger partial charge in [-0.15, -0.1) is 0 Å². The molecular formula is C10H15NO3. The van der Waals surface area contributed by atoms with Gasteiger partial charge >= 0.3 is 0 Å². The number of phenolic OH excluding ortho intramolecular Hbond substituents is 1. The number of benzene rings is 1. The smallest absolute Gasteiger partial charge is 0.160 e. The van der Waals surface area contributed by atoms with Crippen molar-refractivity contribution in [2.45, 2.75) is 12.5 Å². The molecule has 0 saturated carbocycles. The molecule has 0 unspecified atom stereocenters. The predicted molar refractivity (Wildman–Crippen MR) is 53.3 cm³/mol. The van der Waals surface area contributed by atoms with Crippen LogP contribution in [0.4, 0.5) is 0 Å². The van der Waals surface area contributed by atoms with E-state index in [-0.39, 0.29) is 18.4 Å². The number of aliphatic hydroxyl groups is 1. The summed E-state index contributed by atoms with van der Waals surface area (Å²) in [4.78, 5) is 0. The SMILES string of the molecule is COc1ccc([C@@H](N)CCO)cc1O. The minimum Gasteiger partial charge on any atom is -0.504 e. The summed E-state index contributed by atoms with van der Waals surface area (Å²) in [6.45, 7) is 0.0357. The molecule has 1 atom stereocenters. The molecule has 0 aliphatic carbocycles. The lowest BCUT2D eigenvalue weighted by Gasteiger charge is -2.11. The third kappa shape index (κ3) is 2.37. The predicted octanol–water partition coefficient (Wildman–Crippen LogP) is 0.783. The normalized spacial score (nSPS) is 12.5. The van der Waals surface area contributed by atoms with Gasteiger partial charge in [0, 0.05) is 12.6 Å². The Hall–Kier alpha value is -1.26. The Morgan fingerprint density at radius 1 is 1.50 bits per heavy atom. The van der Waals surface area contributed by atoms with Crippen LogP contribution in [0, 0.1) is 0 Å². The first-order chi connectivity index (χ1) is 6.69. The maximum absolute atomic E-state index is 9.47. The molecule has 0 heterocycles. The number of aliphatic hydroxyl groups excluding tert-OH is 1. The van der Waals surface area contributed by atoms with E-state index in [2.05, 4.69) is 0 Å². The minimum absolute atomic E-state index is 0.0357. The van der Waals surface area contributed by atoms with Crippen LogP contribution in [0.25, 0.3) is 0 Å². The highest BCUT2D eigenvalue weighted by molar-refractivity contribution is 5.42. The molecule has 0 fully saturated rings. The Bertz CT molecular complexity index is 301. The van der Waals surface area contributed by atoms with Gasteiger partial charge < -0.3 is 20.7 Å². The molecular weight excluding hydrogens is 182 g/mol. The van der Waals surface area contributed by atoms with Crippen molar-refractivity contribution < 1.29 is 14.9 Å². The summed E-state index contributed by atoms with van der Waals surface area (Å²) in [7, 11) is 1.49. The van der Waals surface area contributed by atoms with Gasteiger partial charge in [0.05, 0.1) is 7.11 Å². The number of ether oxygens (including phenoxy) is 1. The van der Waals surface area contributed by atoms with Gasteiger partial charge in [-0.1, -0.05) is 6.07 Å². The highest BCUT2D eigenvalue weighted by atomic mass is 16.5. The Morgan fingerprint density at radius 3 is 2.71 bits per heavy atom. The van der Waals surface area contributed by atoms with Crippen LogP contribution in [-0.2, 0) is 0 Å². The van der Waals surface area contributed by atoms with E-state index in [0.29, 0.717) is 12.2 Å². The molecule has 4 N–H and O–H groups in total. The van der Waals surface area contributed by atoms with Crippen molar-refractivity contribution in [2.75, 3.05) is 13.7 Å². The third-order valence-electron chi connectivity index (χ3n) is 2.07. The third-order valence-corrected chi connectivity index (χ3v) is 2.07. The monoisotopic (exact) mass is 197 g/mol. The van der Waals surface area contributed by atoms with E-state index in [1.807, 2.05) is 0 Å². The van der Waals surface area contributed by atoms with E-state index in [1.54, 1.807) is 18.2 Å². The van der Waals surface area contributed by atoms with Gasteiger partial charge in [-0.2, -0.15) is 0 Å². The van der Waals surface area contributed by atoms with E-state index < -0.39 is 0 Å². The standard InChI is InChI=1S/C10H15NO3/c1-14-10-3-2-7(6-9(10)13)8(11)4-5-12/h2-3,6,8,12-13H,4-5,11H2,1H3/t8-/m0/s1. The Kier molecular flexibility index (Phi) is 3.73. The zero-order chi connectivity index (χ0) is 10.6. The van der Waals surface area contributed by atoms with E-state index in [1.165, 1.54) is 7.11 Å². The average Bonchev–Trinajstić information content (AvgIpc) is 2.18. The first-order valence-corrected chi connectivity index (χ1v) is 4.42. The fourth-order valence-corrected chi connectivity index (χ4v) is 1.24. The topological polar surface area (TPSA) is 75.7 Å². The van der Waals surface area contributed by atoms with Gasteiger partial charge in [0.25, 0.3) is 0 Å². The number of hydrogen-bond acceptors (Lipinski definition) is 4. The van der Waals surface area contributed by atoms with Crippen LogP contribution in [0.15, 0.2) is 18.2 Å². The van der Waals surface area contributed by atoms with Crippen molar-refractivity contribution in [2.24, 2.45) is 5.73 Å². The summed E-state index contributed by atoms with van der Waals surface area (Å²) in [5.74, 6) is 0.489. The zero-order valence-electron chi connectivity index (χ0n) is 8.10. The average molecular weight is 197 g/mol. The van der Waals surface area contributed by atoms with Crippen LogP contribution in [0.2, 0.25) is 0 Å². The van der Waals surface area contributed by atoms with Gasteiger partial charge in [-0.25, -0.2) is 0 Å². The molecule has 0 radical (unpaired) electrons. The number of rotatable bonds is 4. The van der Waals surface area contributed by atoms with E-state index >= 15 is 0 Å². The lowest BCUT2D eigenvalue weighted by atomic mass is 10.0. The van der Waals surface area contributed by atoms with Crippen LogP contribution < -0.4 is 10.5 Å². The largest absolute Gasteiger partial charge is 0.504 e. The summed E-state index contributed by atoms with van der Waals surface area (Å²) in [6, 6.07) is 4.73. The lowest BCUT2D eigenvalue weighted by molar-refractivity contribution is 0.276. The highest BCUT2D eigenvalue weighted by Gasteiger charge is 2.08. The molecule has 1 rings (SSSR count). The Balaban J connectivity index is 2.85. The van der Waals surface area contributed by atoms with Gasteiger partial charge in [0.15, 0.2) is 11.5 Å². The van der Waals surface area contributed by atoms with E-state index in [4.69, 9.17) is 15.6 Å². The molecule has 78 valence electrons. The molecule has 0 saturated heterocycles. The number of methoxy groups -OCH3 is 1. The van der Waals surface area contributed by atoms with E-state index in [0.717, 1.165) is 5.56 Å². The van der Waals surface area contributed by atoms with Crippen LogP contribution in [0.5, 0.6) is 11.5 Å². The molecule has 0 amide bonds. The maximum Gasteiger partial charge on any atom is 0.160 e. The Labute approximate surface area is 82.9 Å². The van der Waals surface area contributed by atoms with Crippen molar-refractivity contribution in [1.29, 1.82) is 0 Å². The second-order valence-corrected chi connectivity index (χ2v) is 3.05. The number of nitrogens with two attached hydrogens (primary N) is 1. The molecule has 1 aromatic carbocycles. The van der Waals surface area contributed by atoms with Crippen molar-refractivity contribution in [3.8, 4) is 11.5 Å².